The van der Waals surface area contributed by atoms with Gasteiger partial charge in [-0.05, 0) is 43.1 Å². The zero-order valence-corrected chi connectivity index (χ0v) is 10.9. The number of nitrogens with one attached hydrogen (secondary N) is 1. The van der Waals surface area contributed by atoms with Gasteiger partial charge in [-0.15, -0.1) is 12.4 Å². The maximum atomic E-state index is 12.6. The van der Waals surface area contributed by atoms with E-state index in [1.165, 1.54) is 0 Å². The Balaban J connectivity index is 0.00000200. The molecule has 0 amide bonds. The van der Waals surface area contributed by atoms with Crippen molar-refractivity contribution < 1.29 is 26.3 Å². The minimum absolute atomic E-state index is 0. The van der Waals surface area contributed by atoms with Crippen LogP contribution in [0, 0.1) is 0 Å². The monoisotopic (exact) mass is 319 g/mol. The predicted molar refractivity (Wildman–Crippen MR) is 63.7 cm³/mol. The van der Waals surface area contributed by atoms with Gasteiger partial charge in [0.05, 0.1) is 11.1 Å². The van der Waals surface area contributed by atoms with Crippen LogP contribution in [0.15, 0.2) is 18.2 Å². The van der Waals surface area contributed by atoms with Gasteiger partial charge in [0.2, 0.25) is 0 Å². The van der Waals surface area contributed by atoms with Crippen LogP contribution < -0.4 is 5.32 Å². The fourth-order valence-corrected chi connectivity index (χ4v) is 2.15. The van der Waals surface area contributed by atoms with Crippen LogP contribution in [-0.2, 0) is 12.4 Å². The van der Waals surface area contributed by atoms with Gasteiger partial charge in [-0.1, -0.05) is 0 Å². The van der Waals surface area contributed by atoms with E-state index in [2.05, 4.69) is 5.32 Å². The Morgan fingerprint density at radius 3 is 1.75 bits per heavy atom. The van der Waals surface area contributed by atoms with Crippen molar-refractivity contribution in [3.63, 3.8) is 0 Å². The molecule has 0 saturated carbocycles. The molecule has 0 spiro atoms. The first kappa shape index (κ1) is 17.1. The Morgan fingerprint density at radius 1 is 0.900 bits per heavy atom. The highest BCUT2D eigenvalue weighted by Gasteiger charge is 2.37. The number of alkyl halides is 6. The Kier molecular flexibility index (Phi) is 4.97. The lowest BCUT2D eigenvalue weighted by Gasteiger charge is -2.17. The standard InChI is InChI=1S/C12H11F6N.ClH/c13-11(14,15)8-4-7(10-2-1-3-19-10)5-9(6-8)12(16,17)18;/h4-6,10,19H,1-3H2;1H/t10-;/m0./s1. The minimum Gasteiger partial charge on any atom is -0.310 e. The van der Waals surface area contributed by atoms with Crippen molar-refractivity contribution in [1.82, 2.24) is 5.32 Å². The van der Waals surface area contributed by atoms with Crippen LogP contribution in [-0.4, -0.2) is 6.54 Å². The molecule has 1 aliphatic heterocycles. The topological polar surface area (TPSA) is 12.0 Å². The smallest absolute Gasteiger partial charge is 0.310 e. The molecule has 1 fully saturated rings. The molecule has 1 aromatic carbocycles. The molecule has 0 aromatic heterocycles. The zero-order valence-electron chi connectivity index (χ0n) is 10.1. The van der Waals surface area contributed by atoms with E-state index in [4.69, 9.17) is 0 Å². The average molecular weight is 320 g/mol. The van der Waals surface area contributed by atoms with E-state index in [-0.39, 0.29) is 24.0 Å². The molecular weight excluding hydrogens is 308 g/mol. The van der Waals surface area contributed by atoms with E-state index in [9.17, 15) is 26.3 Å². The minimum atomic E-state index is -4.78. The molecule has 1 N–H and O–H groups in total. The summed E-state index contributed by atoms with van der Waals surface area (Å²) in [5, 5.41) is 2.90. The summed E-state index contributed by atoms with van der Waals surface area (Å²) in [6.45, 7) is 0.599. The molecule has 0 radical (unpaired) electrons. The van der Waals surface area contributed by atoms with Gasteiger partial charge in [-0.25, -0.2) is 0 Å². The van der Waals surface area contributed by atoms with E-state index in [1.807, 2.05) is 0 Å². The highest BCUT2D eigenvalue weighted by Crippen LogP contribution is 2.38. The summed E-state index contributed by atoms with van der Waals surface area (Å²) in [5.74, 6) is 0. The molecule has 0 unspecified atom stereocenters. The maximum Gasteiger partial charge on any atom is 0.416 e. The fraction of sp³-hybridized carbons (Fsp3) is 0.500. The van der Waals surface area contributed by atoms with E-state index in [0.29, 0.717) is 13.0 Å². The highest BCUT2D eigenvalue weighted by molar-refractivity contribution is 5.85. The van der Waals surface area contributed by atoms with Crippen molar-refractivity contribution in [1.29, 1.82) is 0 Å². The van der Waals surface area contributed by atoms with E-state index >= 15 is 0 Å². The van der Waals surface area contributed by atoms with E-state index < -0.39 is 29.5 Å². The van der Waals surface area contributed by atoms with Crippen LogP contribution in [0.1, 0.15) is 35.6 Å². The Morgan fingerprint density at radius 2 is 1.40 bits per heavy atom. The summed E-state index contributed by atoms with van der Waals surface area (Å²) in [4.78, 5) is 0. The molecule has 20 heavy (non-hydrogen) atoms. The number of halogens is 7. The average Bonchev–Trinajstić information content (AvgIpc) is 2.79. The van der Waals surface area contributed by atoms with Crippen LogP contribution in [0.2, 0.25) is 0 Å². The first-order valence-electron chi connectivity index (χ1n) is 5.71. The van der Waals surface area contributed by atoms with E-state index in [1.54, 1.807) is 0 Å². The van der Waals surface area contributed by atoms with Crippen molar-refractivity contribution in [2.75, 3.05) is 6.54 Å². The van der Waals surface area contributed by atoms with Crippen molar-refractivity contribution in [3.05, 3.63) is 34.9 Å². The molecule has 1 aliphatic rings. The second kappa shape index (κ2) is 5.81. The van der Waals surface area contributed by atoms with E-state index in [0.717, 1.165) is 18.6 Å². The summed E-state index contributed by atoms with van der Waals surface area (Å²) >= 11 is 0. The Bertz CT molecular complexity index is 430. The maximum absolute atomic E-state index is 12.6. The number of rotatable bonds is 1. The fourth-order valence-electron chi connectivity index (χ4n) is 2.15. The largest absolute Gasteiger partial charge is 0.416 e. The number of hydrogen-bond donors (Lipinski definition) is 1. The third kappa shape index (κ3) is 3.79. The second-order valence-electron chi connectivity index (χ2n) is 4.49. The summed E-state index contributed by atoms with van der Waals surface area (Å²) < 4.78 is 75.8. The molecule has 1 nitrogen and oxygen atoms in total. The van der Waals surface area contributed by atoms with Crippen LogP contribution in [0.4, 0.5) is 26.3 Å². The highest BCUT2D eigenvalue weighted by atomic mass is 35.5. The first-order valence-corrected chi connectivity index (χ1v) is 5.71. The molecule has 1 aromatic rings. The summed E-state index contributed by atoms with van der Waals surface area (Å²) in [6.07, 6.45) is -8.29. The molecule has 114 valence electrons. The number of hydrogen-bond acceptors (Lipinski definition) is 1. The predicted octanol–water partition coefficient (Wildman–Crippen LogP) is 4.57. The van der Waals surface area contributed by atoms with Crippen LogP contribution in [0.3, 0.4) is 0 Å². The van der Waals surface area contributed by atoms with Gasteiger partial charge >= 0.3 is 12.4 Å². The lowest BCUT2D eigenvalue weighted by Crippen LogP contribution is -2.17. The molecular formula is C12H12ClF6N. The molecule has 0 aliphatic carbocycles. The van der Waals surface area contributed by atoms with Gasteiger partial charge in [-0.3, -0.25) is 0 Å². The van der Waals surface area contributed by atoms with Crippen LogP contribution in [0.25, 0.3) is 0 Å². The summed E-state index contributed by atoms with van der Waals surface area (Å²) in [7, 11) is 0. The van der Waals surface area contributed by atoms with Crippen molar-refractivity contribution in [3.8, 4) is 0 Å². The quantitative estimate of drug-likeness (QED) is 0.748. The van der Waals surface area contributed by atoms with Gasteiger partial charge in [0.25, 0.3) is 0 Å². The molecule has 1 heterocycles. The van der Waals surface area contributed by atoms with Crippen LogP contribution in [0.5, 0.6) is 0 Å². The lowest BCUT2D eigenvalue weighted by molar-refractivity contribution is -0.143. The lowest BCUT2D eigenvalue weighted by atomic mass is 9.98. The first-order chi connectivity index (χ1) is 8.68. The Hall–Kier alpha value is -0.950. The molecule has 1 saturated heterocycles. The van der Waals surface area contributed by atoms with Gasteiger partial charge in [0, 0.05) is 6.04 Å². The van der Waals surface area contributed by atoms with Gasteiger partial charge < -0.3 is 5.32 Å². The van der Waals surface area contributed by atoms with Crippen LogP contribution >= 0.6 is 12.4 Å². The summed E-state index contributed by atoms with van der Waals surface area (Å²) in [5.41, 5.74) is -2.48. The van der Waals surface area contributed by atoms with Crippen molar-refractivity contribution >= 4 is 12.4 Å². The Labute approximate surface area is 117 Å². The zero-order chi connectivity index (χ0) is 14.3. The molecule has 0 bridgehead atoms. The number of benzene rings is 1. The van der Waals surface area contributed by atoms with Gasteiger partial charge in [-0.2, -0.15) is 26.3 Å². The summed E-state index contributed by atoms with van der Waals surface area (Å²) in [6, 6.07) is 1.29. The van der Waals surface area contributed by atoms with Gasteiger partial charge in [0.1, 0.15) is 0 Å². The van der Waals surface area contributed by atoms with Crippen molar-refractivity contribution in [2.45, 2.75) is 31.2 Å². The van der Waals surface area contributed by atoms with Crippen molar-refractivity contribution in [2.24, 2.45) is 0 Å². The normalized spacial score (nSPS) is 19.8. The third-order valence-electron chi connectivity index (χ3n) is 3.07. The third-order valence-corrected chi connectivity index (χ3v) is 3.07. The second-order valence-corrected chi connectivity index (χ2v) is 4.49. The molecule has 8 heteroatoms. The van der Waals surface area contributed by atoms with Gasteiger partial charge in [0.15, 0.2) is 0 Å². The SMILES string of the molecule is Cl.FC(F)(F)c1cc([C@@H]2CCCN2)cc(C(F)(F)F)c1. The molecule has 2 rings (SSSR count). The molecule has 1 atom stereocenters.